The number of aromatic amines is 1. The van der Waals surface area contributed by atoms with E-state index in [1.54, 1.807) is 7.11 Å². The van der Waals surface area contributed by atoms with E-state index in [4.69, 9.17) is 20.8 Å². The van der Waals surface area contributed by atoms with Gasteiger partial charge in [-0.15, -0.1) is 5.10 Å². The molecule has 2 N–H and O–H groups in total. The summed E-state index contributed by atoms with van der Waals surface area (Å²) < 4.78 is 11.0. The molecule has 0 radical (unpaired) electrons. The minimum Gasteiger partial charge on any atom is -0.497 e. The van der Waals surface area contributed by atoms with Gasteiger partial charge < -0.3 is 14.5 Å². The minimum atomic E-state index is -0.0239. The van der Waals surface area contributed by atoms with Crippen LogP contribution in [0.25, 0.3) is 22.4 Å². The summed E-state index contributed by atoms with van der Waals surface area (Å²) in [7, 11) is 1.64. The van der Waals surface area contributed by atoms with Crippen LogP contribution in [-0.2, 0) is 0 Å². The summed E-state index contributed by atoms with van der Waals surface area (Å²) in [5, 5.41) is 19.5. The number of hydrogen-bond acceptors (Lipinski definition) is 6. The monoisotopic (exact) mass is 369 g/mol. The maximum absolute atomic E-state index is 6.09. The van der Waals surface area contributed by atoms with E-state index < -0.39 is 0 Å². The molecule has 7 nitrogen and oxygen atoms in total. The van der Waals surface area contributed by atoms with E-state index in [1.165, 1.54) is 0 Å². The SMILES string of the molecule is COc1cccc([C@H](C)Nc2nnc(-c3ccc4n[nH]c(Cl)c4c3)o2)c1. The van der Waals surface area contributed by atoms with Crippen molar-refractivity contribution in [3.05, 3.63) is 53.2 Å². The molecular weight excluding hydrogens is 354 g/mol. The number of aromatic nitrogens is 4. The molecule has 2 aromatic heterocycles. The topological polar surface area (TPSA) is 88.9 Å². The largest absolute Gasteiger partial charge is 0.497 e. The van der Waals surface area contributed by atoms with E-state index in [9.17, 15) is 0 Å². The summed E-state index contributed by atoms with van der Waals surface area (Å²) in [5.74, 6) is 1.21. The molecule has 2 heterocycles. The number of benzene rings is 2. The third-order valence-electron chi connectivity index (χ3n) is 4.11. The van der Waals surface area contributed by atoms with Gasteiger partial charge in [0.1, 0.15) is 10.9 Å². The Kier molecular flexibility index (Phi) is 4.22. The highest BCUT2D eigenvalue weighted by atomic mass is 35.5. The fourth-order valence-electron chi connectivity index (χ4n) is 2.69. The van der Waals surface area contributed by atoms with E-state index in [2.05, 4.69) is 25.7 Å². The highest BCUT2D eigenvalue weighted by Gasteiger charge is 2.14. The number of H-pyrrole nitrogens is 1. The van der Waals surface area contributed by atoms with E-state index in [0.717, 1.165) is 27.8 Å². The van der Waals surface area contributed by atoms with E-state index in [-0.39, 0.29) is 6.04 Å². The normalized spacial score (nSPS) is 12.3. The number of rotatable bonds is 5. The zero-order valence-electron chi connectivity index (χ0n) is 14.2. The van der Waals surface area contributed by atoms with Gasteiger partial charge >= 0.3 is 6.01 Å². The van der Waals surface area contributed by atoms with Crippen molar-refractivity contribution in [1.29, 1.82) is 0 Å². The van der Waals surface area contributed by atoms with Crippen molar-refractivity contribution in [1.82, 2.24) is 20.4 Å². The molecule has 1 atom stereocenters. The van der Waals surface area contributed by atoms with Gasteiger partial charge in [0.05, 0.1) is 18.7 Å². The molecule has 0 bridgehead atoms. The summed E-state index contributed by atoms with van der Waals surface area (Å²) in [6.45, 7) is 2.01. The van der Waals surface area contributed by atoms with Crippen molar-refractivity contribution in [2.24, 2.45) is 0 Å². The molecule has 0 spiro atoms. The van der Waals surface area contributed by atoms with Crippen molar-refractivity contribution in [3.63, 3.8) is 0 Å². The lowest BCUT2D eigenvalue weighted by molar-refractivity contribution is 0.414. The van der Waals surface area contributed by atoms with Crippen LogP contribution < -0.4 is 10.1 Å². The summed E-state index contributed by atoms with van der Waals surface area (Å²) >= 11 is 6.09. The second-order valence-electron chi connectivity index (χ2n) is 5.82. The first-order valence-corrected chi connectivity index (χ1v) is 8.40. The first-order valence-electron chi connectivity index (χ1n) is 8.02. The Morgan fingerprint density at radius 3 is 2.92 bits per heavy atom. The molecule has 0 aliphatic carbocycles. The molecule has 26 heavy (non-hydrogen) atoms. The first-order chi connectivity index (χ1) is 12.6. The van der Waals surface area contributed by atoms with Crippen LogP contribution in [-0.4, -0.2) is 27.5 Å². The number of nitrogens with one attached hydrogen (secondary N) is 2. The zero-order valence-corrected chi connectivity index (χ0v) is 14.9. The third kappa shape index (κ3) is 3.09. The quantitative estimate of drug-likeness (QED) is 0.540. The van der Waals surface area contributed by atoms with Gasteiger partial charge in [-0.05, 0) is 42.8 Å². The lowest BCUT2D eigenvalue weighted by atomic mass is 10.1. The maximum atomic E-state index is 6.09. The first kappa shape index (κ1) is 16.4. The highest BCUT2D eigenvalue weighted by Crippen LogP contribution is 2.28. The molecule has 8 heteroatoms. The Morgan fingerprint density at radius 2 is 2.08 bits per heavy atom. The molecule has 0 saturated carbocycles. The van der Waals surface area contributed by atoms with Gasteiger partial charge in [-0.3, -0.25) is 5.10 Å². The number of methoxy groups -OCH3 is 1. The standard InChI is InChI=1S/C18H16ClN5O2/c1-10(11-4-3-5-13(8-11)25-2)20-18-24-23-17(26-18)12-6-7-15-14(9-12)16(19)22-21-15/h3-10H,1-2H3,(H,20,24)(H,21,22)/t10-/m0/s1. The summed E-state index contributed by atoms with van der Waals surface area (Å²) in [6, 6.07) is 13.7. The van der Waals surface area contributed by atoms with Crippen molar-refractivity contribution < 1.29 is 9.15 Å². The molecule has 2 aromatic carbocycles. The van der Waals surface area contributed by atoms with Crippen LogP contribution in [0.3, 0.4) is 0 Å². The number of halogens is 1. The van der Waals surface area contributed by atoms with E-state index in [1.807, 2.05) is 49.4 Å². The predicted octanol–water partition coefficient (Wildman–Crippen LogP) is 4.45. The number of ether oxygens (including phenoxy) is 1. The highest BCUT2D eigenvalue weighted by molar-refractivity contribution is 6.34. The van der Waals surface area contributed by atoms with Gasteiger partial charge in [0.25, 0.3) is 0 Å². The van der Waals surface area contributed by atoms with Crippen molar-refractivity contribution in [3.8, 4) is 17.2 Å². The Bertz CT molecular complexity index is 1060. The van der Waals surface area contributed by atoms with Gasteiger partial charge in [0.2, 0.25) is 5.89 Å². The van der Waals surface area contributed by atoms with Gasteiger partial charge in [-0.25, -0.2) is 0 Å². The number of hydrogen-bond donors (Lipinski definition) is 2. The van der Waals surface area contributed by atoms with E-state index >= 15 is 0 Å². The van der Waals surface area contributed by atoms with Crippen molar-refractivity contribution >= 4 is 28.5 Å². The third-order valence-corrected chi connectivity index (χ3v) is 4.40. The fourth-order valence-corrected chi connectivity index (χ4v) is 2.88. The van der Waals surface area contributed by atoms with Gasteiger partial charge in [-0.1, -0.05) is 28.8 Å². The average Bonchev–Trinajstić information content (AvgIpc) is 3.28. The van der Waals surface area contributed by atoms with Crippen LogP contribution in [0.2, 0.25) is 5.15 Å². The Morgan fingerprint density at radius 1 is 1.19 bits per heavy atom. The van der Waals surface area contributed by atoms with Crippen LogP contribution >= 0.6 is 11.6 Å². The Balaban J connectivity index is 1.56. The Hall–Kier alpha value is -3.06. The second kappa shape index (κ2) is 6.68. The van der Waals surface area contributed by atoms with Gasteiger partial charge in [-0.2, -0.15) is 5.10 Å². The van der Waals surface area contributed by atoms with Gasteiger partial charge in [0, 0.05) is 10.9 Å². The van der Waals surface area contributed by atoms with Crippen molar-refractivity contribution in [2.45, 2.75) is 13.0 Å². The van der Waals surface area contributed by atoms with Crippen molar-refractivity contribution in [2.75, 3.05) is 12.4 Å². The second-order valence-corrected chi connectivity index (χ2v) is 6.20. The summed E-state index contributed by atoms with van der Waals surface area (Å²) in [4.78, 5) is 0. The molecule has 0 unspecified atom stereocenters. The van der Waals surface area contributed by atoms with Crippen LogP contribution in [0, 0.1) is 0 Å². The molecule has 4 rings (SSSR count). The molecule has 4 aromatic rings. The molecular formula is C18H16ClN5O2. The van der Waals surface area contributed by atoms with Crippen LogP contribution in [0.15, 0.2) is 46.9 Å². The molecule has 0 aliphatic heterocycles. The minimum absolute atomic E-state index is 0.0239. The fraction of sp³-hybridized carbons (Fsp3) is 0.167. The number of nitrogens with zero attached hydrogens (tertiary/aromatic N) is 3. The van der Waals surface area contributed by atoms with Crippen LogP contribution in [0.1, 0.15) is 18.5 Å². The lowest BCUT2D eigenvalue weighted by Gasteiger charge is -2.13. The molecule has 0 fully saturated rings. The Labute approximate surface area is 154 Å². The van der Waals surface area contributed by atoms with E-state index in [0.29, 0.717) is 17.1 Å². The number of fused-ring (bicyclic) bond motifs is 1. The smallest absolute Gasteiger partial charge is 0.316 e. The molecule has 132 valence electrons. The average molecular weight is 370 g/mol. The summed E-state index contributed by atoms with van der Waals surface area (Å²) in [6.07, 6.45) is 0. The zero-order chi connectivity index (χ0) is 18.1. The van der Waals surface area contributed by atoms with Crippen LogP contribution in [0.5, 0.6) is 5.75 Å². The molecule has 0 amide bonds. The predicted molar refractivity (Wildman–Crippen MR) is 99.4 cm³/mol. The summed E-state index contributed by atoms with van der Waals surface area (Å²) in [5.41, 5.74) is 2.61. The van der Waals surface area contributed by atoms with Gasteiger partial charge in [0.15, 0.2) is 0 Å². The molecule has 0 aliphatic rings. The number of anilines is 1. The lowest BCUT2D eigenvalue weighted by Crippen LogP contribution is -2.06. The maximum Gasteiger partial charge on any atom is 0.316 e. The van der Waals surface area contributed by atoms with Crippen LogP contribution in [0.4, 0.5) is 6.01 Å². The molecule has 0 saturated heterocycles.